The highest BCUT2D eigenvalue weighted by Crippen LogP contribution is 2.27. The lowest BCUT2D eigenvalue weighted by Crippen LogP contribution is -2.53. The minimum atomic E-state index is -3.89. The Kier molecular flexibility index (Phi) is 8.28. The van der Waals surface area contributed by atoms with Crippen LogP contribution in [0.25, 0.3) is 6.08 Å². The van der Waals surface area contributed by atoms with E-state index >= 15 is 0 Å². The van der Waals surface area contributed by atoms with Crippen LogP contribution in [0, 0.1) is 0 Å². The molecule has 182 valence electrons. The lowest BCUT2D eigenvalue weighted by Gasteiger charge is -2.35. The van der Waals surface area contributed by atoms with E-state index in [9.17, 15) is 23.1 Å². The molecule has 0 atom stereocenters. The molecule has 0 bridgehead atoms. The quantitative estimate of drug-likeness (QED) is 0.455. The number of aliphatic hydroxyl groups excluding tert-OH is 1. The Morgan fingerprint density at radius 3 is 2.35 bits per heavy atom. The van der Waals surface area contributed by atoms with E-state index in [4.69, 9.17) is 4.74 Å². The van der Waals surface area contributed by atoms with Crippen LogP contribution in [0.4, 0.5) is 0 Å². The molecule has 1 fully saturated rings. The molecule has 0 unspecified atom stereocenters. The van der Waals surface area contributed by atoms with Gasteiger partial charge in [-0.15, -0.1) is 0 Å². The fourth-order valence-electron chi connectivity index (χ4n) is 3.73. The number of rotatable bonds is 8. The van der Waals surface area contributed by atoms with Crippen molar-refractivity contribution in [1.82, 2.24) is 4.90 Å². The van der Waals surface area contributed by atoms with Crippen molar-refractivity contribution in [2.75, 3.05) is 13.1 Å². The van der Waals surface area contributed by atoms with Crippen LogP contribution in [-0.4, -0.2) is 54.2 Å². The first kappa shape index (κ1) is 25.6. The molecule has 1 N–H and O–H groups in total. The Labute approximate surface area is 201 Å². The van der Waals surface area contributed by atoms with Crippen molar-refractivity contribution >= 4 is 27.8 Å². The van der Waals surface area contributed by atoms with Crippen molar-refractivity contribution in [2.45, 2.75) is 49.9 Å². The zero-order valence-electron chi connectivity index (χ0n) is 19.5. The molecule has 1 aliphatic heterocycles. The van der Waals surface area contributed by atoms with E-state index in [1.165, 1.54) is 30.9 Å². The molecule has 0 spiro atoms. The van der Waals surface area contributed by atoms with Gasteiger partial charge in [-0.1, -0.05) is 54.6 Å². The highest BCUT2D eigenvalue weighted by atomic mass is 32.2. The molecular weight excluding hydrogens is 454 g/mol. The van der Waals surface area contributed by atoms with Gasteiger partial charge < -0.3 is 14.7 Å². The van der Waals surface area contributed by atoms with E-state index in [1.807, 2.05) is 30.3 Å². The highest BCUT2D eigenvalue weighted by Gasteiger charge is 2.44. The summed E-state index contributed by atoms with van der Waals surface area (Å²) in [6.07, 6.45) is 3.22. The van der Waals surface area contributed by atoms with Gasteiger partial charge in [-0.05, 0) is 49.5 Å². The van der Waals surface area contributed by atoms with Crippen LogP contribution in [0.5, 0.6) is 0 Å². The zero-order chi connectivity index (χ0) is 24.8. The molecule has 1 aliphatic rings. The van der Waals surface area contributed by atoms with E-state index < -0.39 is 32.6 Å². The Morgan fingerprint density at radius 2 is 1.68 bits per heavy atom. The smallest absolute Gasteiger partial charge is 0.331 e. The summed E-state index contributed by atoms with van der Waals surface area (Å²) in [6.45, 7) is 3.67. The SMILES string of the molecule is CC(C)(C(=O)N1CCC(O)CC1)S(=O)(=O)Cc1ccccc1/C=C/C(=O)OCc1ccccc1. The van der Waals surface area contributed by atoms with Crippen LogP contribution < -0.4 is 0 Å². The van der Waals surface area contributed by atoms with Crippen molar-refractivity contribution < 1.29 is 27.9 Å². The Bertz CT molecular complexity index is 1130. The largest absolute Gasteiger partial charge is 0.458 e. The van der Waals surface area contributed by atoms with Gasteiger partial charge in [0, 0.05) is 19.2 Å². The van der Waals surface area contributed by atoms with E-state index in [1.54, 1.807) is 24.3 Å². The highest BCUT2D eigenvalue weighted by molar-refractivity contribution is 7.92. The number of carbonyl (C=O) groups excluding carboxylic acids is 2. The maximum absolute atomic E-state index is 13.3. The molecule has 0 aliphatic carbocycles. The molecule has 0 saturated carbocycles. The molecule has 1 amide bonds. The molecule has 0 radical (unpaired) electrons. The molecule has 7 nitrogen and oxygen atoms in total. The maximum atomic E-state index is 13.3. The van der Waals surface area contributed by atoms with Crippen molar-refractivity contribution in [1.29, 1.82) is 0 Å². The first-order valence-corrected chi connectivity index (χ1v) is 12.9. The Hall–Kier alpha value is -2.97. The van der Waals surface area contributed by atoms with Crippen LogP contribution in [0.2, 0.25) is 0 Å². The summed E-state index contributed by atoms with van der Waals surface area (Å²) in [5, 5.41) is 9.68. The summed E-state index contributed by atoms with van der Waals surface area (Å²) in [5.41, 5.74) is 1.92. The van der Waals surface area contributed by atoms with E-state index in [2.05, 4.69) is 0 Å². The minimum absolute atomic E-state index is 0.143. The average molecular weight is 486 g/mol. The summed E-state index contributed by atoms with van der Waals surface area (Å²) in [4.78, 5) is 26.7. The number of aliphatic hydroxyl groups is 1. The number of esters is 1. The number of ether oxygens (including phenoxy) is 1. The predicted octanol–water partition coefficient (Wildman–Crippen LogP) is 3.12. The van der Waals surface area contributed by atoms with Crippen LogP contribution in [0.15, 0.2) is 60.7 Å². The van der Waals surface area contributed by atoms with Gasteiger partial charge in [0.2, 0.25) is 5.91 Å². The summed E-state index contributed by atoms with van der Waals surface area (Å²) in [6, 6.07) is 16.2. The molecule has 3 rings (SSSR count). The molecule has 1 saturated heterocycles. The second-order valence-electron chi connectivity index (χ2n) is 8.92. The number of nitrogens with zero attached hydrogens (tertiary/aromatic N) is 1. The number of sulfone groups is 1. The number of amides is 1. The third kappa shape index (κ3) is 6.33. The van der Waals surface area contributed by atoms with Crippen molar-refractivity contribution in [3.8, 4) is 0 Å². The molecule has 2 aromatic carbocycles. The number of carbonyl (C=O) groups is 2. The normalized spacial score (nSPS) is 15.4. The fraction of sp³-hybridized carbons (Fsp3) is 0.385. The van der Waals surface area contributed by atoms with Gasteiger partial charge in [0.05, 0.1) is 11.9 Å². The van der Waals surface area contributed by atoms with Gasteiger partial charge >= 0.3 is 5.97 Å². The lowest BCUT2D eigenvalue weighted by atomic mass is 10.1. The predicted molar refractivity (Wildman–Crippen MR) is 130 cm³/mol. The molecule has 2 aromatic rings. The molecule has 1 heterocycles. The zero-order valence-corrected chi connectivity index (χ0v) is 20.3. The molecular formula is C26H31NO6S. The molecule has 8 heteroatoms. The maximum Gasteiger partial charge on any atom is 0.331 e. The minimum Gasteiger partial charge on any atom is -0.458 e. The van der Waals surface area contributed by atoms with Crippen LogP contribution in [-0.2, 0) is 36.5 Å². The summed E-state index contributed by atoms with van der Waals surface area (Å²) in [5.74, 6) is -1.34. The van der Waals surface area contributed by atoms with Crippen LogP contribution >= 0.6 is 0 Å². The Morgan fingerprint density at radius 1 is 1.06 bits per heavy atom. The van der Waals surface area contributed by atoms with Gasteiger partial charge in [0.15, 0.2) is 9.84 Å². The first-order valence-electron chi connectivity index (χ1n) is 11.3. The third-order valence-corrected chi connectivity index (χ3v) is 8.49. The standard InChI is InChI=1S/C26H31NO6S/c1-26(2,25(30)27-16-14-23(28)15-17-27)34(31,32)19-22-11-7-6-10-21(22)12-13-24(29)33-18-20-8-4-3-5-9-20/h3-13,23,28H,14-19H2,1-2H3/b13-12+. The van der Waals surface area contributed by atoms with E-state index in [0.717, 1.165) is 5.56 Å². The number of hydrogen-bond donors (Lipinski definition) is 1. The van der Waals surface area contributed by atoms with Crippen LogP contribution in [0.3, 0.4) is 0 Å². The van der Waals surface area contributed by atoms with E-state index in [0.29, 0.717) is 37.1 Å². The first-order chi connectivity index (χ1) is 16.1. The summed E-state index contributed by atoms with van der Waals surface area (Å²) < 4.78 is 30.2. The second-order valence-corrected chi connectivity index (χ2v) is 11.5. The van der Waals surface area contributed by atoms with Gasteiger partial charge in [-0.3, -0.25) is 4.79 Å². The van der Waals surface area contributed by atoms with Gasteiger partial charge in [0.1, 0.15) is 11.4 Å². The topological polar surface area (TPSA) is 101 Å². The van der Waals surface area contributed by atoms with Gasteiger partial charge in [-0.25, -0.2) is 13.2 Å². The average Bonchev–Trinajstić information content (AvgIpc) is 2.82. The number of likely N-dealkylation sites (tertiary alicyclic amines) is 1. The fourth-order valence-corrected chi connectivity index (χ4v) is 5.16. The van der Waals surface area contributed by atoms with Gasteiger partial charge in [-0.2, -0.15) is 0 Å². The number of hydrogen-bond acceptors (Lipinski definition) is 6. The van der Waals surface area contributed by atoms with Crippen molar-refractivity contribution in [2.24, 2.45) is 0 Å². The lowest BCUT2D eigenvalue weighted by molar-refractivity contribution is -0.139. The van der Waals surface area contributed by atoms with Gasteiger partial charge in [0.25, 0.3) is 0 Å². The summed E-state index contributed by atoms with van der Waals surface area (Å²) >= 11 is 0. The summed E-state index contributed by atoms with van der Waals surface area (Å²) in [7, 11) is -3.89. The van der Waals surface area contributed by atoms with Crippen molar-refractivity contribution in [3.63, 3.8) is 0 Å². The molecule has 0 aromatic heterocycles. The monoisotopic (exact) mass is 485 g/mol. The number of piperidine rings is 1. The van der Waals surface area contributed by atoms with Crippen molar-refractivity contribution in [3.05, 3.63) is 77.4 Å². The van der Waals surface area contributed by atoms with Crippen LogP contribution in [0.1, 0.15) is 43.4 Å². The van der Waals surface area contributed by atoms with E-state index in [-0.39, 0.29) is 12.4 Å². The number of benzene rings is 2. The third-order valence-electron chi connectivity index (χ3n) is 6.07. The Balaban J connectivity index is 1.69. The molecule has 34 heavy (non-hydrogen) atoms. The second kappa shape index (κ2) is 11.0.